The van der Waals surface area contributed by atoms with E-state index in [4.69, 9.17) is 0 Å². The lowest BCUT2D eigenvalue weighted by Crippen LogP contribution is -2.47. The number of halogens is 1. The lowest BCUT2D eigenvalue weighted by atomic mass is 9.91. The normalized spacial score (nSPS) is 14.4. The van der Waals surface area contributed by atoms with Crippen molar-refractivity contribution >= 4 is 15.9 Å². The fraction of sp³-hybridized carbons (Fsp3) is 0.308. The van der Waals surface area contributed by atoms with Crippen molar-refractivity contribution in [2.24, 2.45) is 0 Å². The molecule has 18 heavy (non-hydrogen) atoms. The average molecular weight is 310 g/mol. The van der Waals surface area contributed by atoms with Gasteiger partial charge < -0.3 is 10.4 Å². The molecule has 0 bridgehead atoms. The first-order valence-electron chi connectivity index (χ1n) is 5.73. The molecule has 0 aliphatic heterocycles. The summed E-state index contributed by atoms with van der Waals surface area (Å²) in [6, 6.07) is 9.91. The number of nitrogens with zero attached hydrogens (tertiary/aromatic N) is 2. The van der Waals surface area contributed by atoms with Gasteiger partial charge in [0, 0.05) is 6.20 Å². The second kappa shape index (κ2) is 5.65. The summed E-state index contributed by atoms with van der Waals surface area (Å²) < 4.78 is 2.74. The molecule has 0 amide bonds. The van der Waals surface area contributed by atoms with E-state index in [0.29, 0.717) is 6.54 Å². The van der Waals surface area contributed by atoms with Gasteiger partial charge in [0.15, 0.2) is 0 Å². The van der Waals surface area contributed by atoms with Gasteiger partial charge in [-0.25, -0.2) is 0 Å². The van der Waals surface area contributed by atoms with Crippen molar-refractivity contribution in [3.8, 4) is 0 Å². The fourth-order valence-electron chi connectivity index (χ4n) is 1.99. The van der Waals surface area contributed by atoms with Crippen molar-refractivity contribution in [2.75, 3.05) is 13.7 Å². The van der Waals surface area contributed by atoms with Crippen LogP contribution in [0.5, 0.6) is 0 Å². The van der Waals surface area contributed by atoms with Crippen LogP contribution in [0, 0.1) is 0 Å². The Morgan fingerprint density at radius 2 is 2.11 bits per heavy atom. The molecule has 1 unspecified atom stereocenters. The maximum Gasteiger partial charge on any atom is 0.0865 e. The van der Waals surface area contributed by atoms with Gasteiger partial charge >= 0.3 is 0 Å². The van der Waals surface area contributed by atoms with Gasteiger partial charge in [0.2, 0.25) is 0 Å². The summed E-state index contributed by atoms with van der Waals surface area (Å²) in [6.07, 6.45) is 3.63. The number of benzene rings is 1. The number of aromatic nitrogens is 2. The molecule has 2 N–H and O–H groups in total. The van der Waals surface area contributed by atoms with Crippen LogP contribution in [0.1, 0.15) is 5.56 Å². The highest BCUT2D eigenvalue weighted by Crippen LogP contribution is 2.23. The van der Waals surface area contributed by atoms with E-state index in [1.807, 2.05) is 48.3 Å². The molecule has 0 aliphatic rings. The van der Waals surface area contributed by atoms with E-state index in [9.17, 15) is 5.11 Å². The van der Waals surface area contributed by atoms with Crippen molar-refractivity contribution in [2.45, 2.75) is 12.1 Å². The maximum absolute atomic E-state index is 9.78. The van der Waals surface area contributed by atoms with E-state index in [0.717, 1.165) is 10.0 Å². The summed E-state index contributed by atoms with van der Waals surface area (Å²) in [4.78, 5) is 0. The summed E-state index contributed by atoms with van der Waals surface area (Å²) in [6.45, 7) is 0.570. The molecule has 2 rings (SSSR count). The van der Waals surface area contributed by atoms with E-state index in [2.05, 4.69) is 26.3 Å². The monoisotopic (exact) mass is 309 g/mol. The summed E-state index contributed by atoms with van der Waals surface area (Å²) in [5.41, 5.74) is 0.522. The fourth-order valence-corrected chi connectivity index (χ4v) is 2.32. The predicted octanol–water partition coefficient (Wildman–Crippen LogP) is 1.75. The molecule has 0 fully saturated rings. The zero-order valence-electron chi connectivity index (χ0n) is 10.2. The molecular weight excluding hydrogens is 294 g/mol. The zero-order chi connectivity index (χ0) is 13.0. The molecule has 1 aromatic carbocycles. The molecule has 0 aliphatic carbocycles. The Morgan fingerprint density at radius 3 is 2.61 bits per heavy atom. The Morgan fingerprint density at radius 1 is 1.39 bits per heavy atom. The topological polar surface area (TPSA) is 50.1 Å². The molecule has 0 saturated carbocycles. The maximum atomic E-state index is 9.78. The predicted molar refractivity (Wildman–Crippen MR) is 74.2 cm³/mol. The second-order valence-corrected chi connectivity index (χ2v) is 5.13. The summed E-state index contributed by atoms with van der Waals surface area (Å²) in [5, 5.41) is 17.2. The average Bonchev–Trinajstić information content (AvgIpc) is 2.82. The van der Waals surface area contributed by atoms with Crippen LogP contribution in [0.3, 0.4) is 0 Å². The number of aliphatic hydroxyl groups excluding tert-OH is 1. The zero-order valence-corrected chi connectivity index (χ0v) is 11.8. The minimum absolute atomic E-state index is 0.00495. The molecule has 0 saturated heterocycles. The van der Waals surface area contributed by atoms with Gasteiger partial charge in [-0.05, 0) is 28.5 Å². The smallest absolute Gasteiger partial charge is 0.0865 e. The van der Waals surface area contributed by atoms with Gasteiger partial charge in [-0.1, -0.05) is 30.3 Å². The lowest BCUT2D eigenvalue weighted by molar-refractivity contribution is 0.146. The third-order valence-corrected chi connectivity index (χ3v) is 3.52. The standard InChI is InChI=1S/C13H16BrN3O/c1-15-13(10-18,11-5-3-2-4-6-11)9-17-8-12(14)7-16-17/h2-8,15,18H,9-10H2,1H3. The Balaban J connectivity index is 2.32. The lowest BCUT2D eigenvalue weighted by Gasteiger charge is -2.32. The molecule has 96 valence electrons. The highest BCUT2D eigenvalue weighted by atomic mass is 79.9. The Labute approximate surface area is 115 Å². The first-order valence-corrected chi connectivity index (χ1v) is 6.53. The van der Waals surface area contributed by atoms with E-state index in [-0.39, 0.29) is 6.61 Å². The molecule has 5 heteroatoms. The SMILES string of the molecule is CNC(CO)(Cn1cc(Br)cn1)c1ccccc1. The van der Waals surface area contributed by atoms with Crippen LogP contribution in [0.4, 0.5) is 0 Å². The molecule has 1 aromatic heterocycles. The quantitative estimate of drug-likeness (QED) is 0.885. The van der Waals surface area contributed by atoms with Crippen LogP contribution in [-0.2, 0) is 12.1 Å². The third kappa shape index (κ3) is 2.63. The number of likely N-dealkylation sites (N-methyl/N-ethyl adjacent to an activating group) is 1. The van der Waals surface area contributed by atoms with Gasteiger partial charge in [-0.3, -0.25) is 4.68 Å². The van der Waals surface area contributed by atoms with Crippen molar-refractivity contribution < 1.29 is 5.11 Å². The largest absolute Gasteiger partial charge is 0.394 e. The number of rotatable bonds is 5. The van der Waals surface area contributed by atoms with Crippen molar-refractivity contribution in [1.29, 1.82) is 0 Å². The van der Waals surface area contributed by atoms with Crippen LogP contribution in [-0.4, -0.2) is 28.5 Å². The first-order chi connectivity index (χ1) is 8.70. The number of nitrogens with one attached hydrogen (secondary N) is 1. The first kappa shape index (κ1) is 13.3. The summed E-state index contributed by atoms with van der Waals surface area (Å²) in [7, 11) is 1.85. The molecule has 4 nitrogen and oxygen atoms in total. The molecule has 2 aromatic rings. The Bertz CT molecular complexity index is 494. The molecule has 1 heterocycles. The highest BCUT2D eigenvalue weighted by molar-refractivity contribution is 9.10. The Hall–Kier alpha value is -1.17. The van der Waals surface area contributed by atoms with Crippen LogP contribution in [0.25, 0.3) is 0 Å². The third-order valence-electron chi connectivity index (χ3n) is 3.11. The molecule has 0 spiro atoms. The van der Waals surface area contributed by atoms with Gasteiger partial charge in [-0.15, -0.1) is 0 Å². The van der Waals surface area contributed by atoms with Crippen LogP contribution >= 0.6 is 15.9 Å². The minimum atomic E-state index is -0.521. The van der Waals surface area contributed by atoms with Crippen LogP contribution in [0.2, 0.25) is 0 Å². The van der Waals surface area contributed by atoms with Crippen molar-refractivity contribution in [1.82, 2.24) is 15.1 Å². The molecular formula is C13H16BrN3O. The molecule has 1 atom stereocenters. The van der Waals surface area contributed by atoms with E-state index < -0.39 is 5.54 Å². The highest BCUT2D eigenvalue weighted by Gasteiger charge is 2.30. The van der Waals surface area contributed by atoms with E-state index >= 15 is 0 Å². The van der Waals surface area contributed by atoms with Gasteiger partial charge in [0.25, 0.3) is 0 Å². The minimum Gasteiger partial charge on any atom is -0.394 e. The summed E-state index contributed by atoms with van der Waals surface area (Å²) in [5.74, 6) is 0. The van der Waals surface area contributed by atoms with E-state index in [1.165, 1.54) is 0 Å². The number of aliphatic hydroxyl groups is 1. The Kier molecular flexibility index (Phi) is 4.16. The van der Waals surface area contributed by atoms with E-state index in [1.54, 1.807) is 6.20 Å². The van der Waals surface area contributed by atoms with Crippen LogP contribution in [0.15, 0.2) is 47.2 Å². The van der Waals surface area contributed by atoms with Gasteiger partial charge in [-0.2, -0.15) is 5.10 Å². The van der Waals surface area contributed by atoms with Gasteiger partial charge in [0.1, 0.15) is 0 Å². The summed E-state index contributed by atoms with van der Waals surface area (Å²) >= 11 is 3.37. The molecule has 0 radical (unpaired) electrons. The van der Waals surface area contributed by atoms with Gasteiger partial charge in [0.05, 0.1) is 29.4 Å². The number of hydrogen-bond acceptors (Lipinski definition) is 3. The van der Waals surface area contributed by atoms with Crippen molar-refractivity contribution in [3.63, 3.8) is 0 Å². The van der Waals surface area contributed by atoms with Crippen molar-refractivity contribution in [3.05, 3.63) is 52.8 Å². The number of hydrogen-bond donors (Lipinski definition) is 2. The van der Waals surface area contributed by atoms with Crippen LogP contribution < -0.4 is 5.32 Å². The second-order valence-electron chi connectivity index (χ2n) is 4.21.